The molecular weight excluding hydrogens is 212 g/mol. The molecule has 0 aromatic heterocycles. The van der Waals surface area contributed by atoms with Crippen molar-refractivity contribution in [2.75, 3.05) is 5.43 Å². The lowest BCUT2D eigenvalue weighted by Crippen LogP contribution is -2.12. The standard InChI is InChI=1S/C6H4F4N2.ClH/c7-3-1-4(8)6(9)5(2-3)11-12-10;/h1-2,11-12H;1H. The number of hydrogen-bond acceptors (Lipinski definition) is 2. The molecule has 0 aliphatic rings. The molecule has 1 rings (SSSR count). The van der Waals surface area contributed by atoms with Crippen LogP contribution in [0.1, 0.15) is 0 Å². The van der Waals surface area contributed by atoms with Gasteiger partial charge in [0.15, 0.2) is 11.6 Å². The van der Waals surface area contributed by atoms with Gasteiger partial charge in [0.05, 0.1) is 5.69 Å². The molecule has 0 bridgehead atoms. The third-order valence-electron chi connectivity index (χ3n) is 1.17. The van der Waals surface area contributed by atoms with Crippen LogP contribution >= 0.6 is 12.4 Å². The summed E-state index contributed by atoms with van der Waals surface area (Å²) in [5.74, 6) is -3.72. The molecule has 0 aliphatic carbocycles. The molecule has 1 aromatic carbocycles. The molecule has 0 atom stereocenters. The fraction of sp³-hybridized carbons (Fsp3) is 0. The SMILES string of the molecule is Cl.FNNc1cc(F)cc(F)c1F. The van der Waals surface area contributed by atoms with Crippen molar-refractivity contribution < 1.29 is 17.7 Å². The molecule has 2 nitrogen and oxygen atoms in total. The Bertz CT molecular complexity index is 294. The monoisotopic (exact) mass is 216 g/mol. The molecule has 0 unspecified atom stereocenters. The molecule has 13 heavy (non-hydrogen) atoms. The van der Waals surface area contributed by atoms with Gasteiger partial charge in [-0.2, -0.15) is 0 Å². The maximum Gasteiger partial charge on any atom is 0.183 e. The third kappa shape index (κ3) is 2.74. The van der Waals surface area contributed by atoms with Gasteiger partial charge in [-0.1, -0.05) is 5.65 Å². The van der Waals surface area contributed by atoms with E-state index in [-0.39, 0.29) is 12.4 Å². The fourth-order valence-electron chi connectivity index (χ4n) is 0.698. The summed E-state index contributed by atoms with van der Waals surface area (Å²) in [5.41, 5.74) is 1.81. The van der Waals surface area contributed by atoms with Gasteiger partial charge < -0.3 is 0 Å². The van der Waals surface area contributed by atoms with Crippen molar-refractivity contribution in [3.05, 3.63) is 29.6 Å². The van der Waals surface area contributed by atoms with E-state index in [0.29, 0.717) is 12.1 Å². The molecule has 0 heterocycles. The van der Waals surface area contributed by atoms with Crippen molar-refractivity contribution in [1.29, 1.82) is 0 Å². The van der Waals surface area contributed by atoms with Crippen LogP contribution in [0.5, 0.6) is 0 Å². The van der Waals surface area contributed by atoms with Crippen LogP contribution in [0.2, 0.25) is 0 Å². The van der Waals surface area contributed by atoms with Gasteiger partial charge in [-0.3, -0.25) is 5.43 Å². The lowest BCUT2D eigenvalue weighted by Gasteiger charge is -2.03. The summed E-state index contributed by atoms with van der Waals surface area (Å²) in [5, 5.41) is 0. The normalized spacial score (nSPS) is 9.23. The fourth-order valence-corrected chi connectivity index (χ4v) is 0.698. The number of anilines is 1. The average molecular weight is 217 g/mol. The summed E-state index contributed by atoms with van der Waals surface area (Å²) in [7, 11) is 0. The van der Waals surface area contributed by atoms with E-state index in [1.54, 1.807) is 5.43 Å². The first-order chi connectivity index (χ1) is 5.65. The highest BCUT2D eigenvalue weighted by Crippen LogP contribution is 2.17. The molecule has 7 heteroatoms. The lowest BCUT2D eigenvalue weighted by atomic mass is 10.3. The van der Waals surface area contributed by atoms with Crippen molar-refractivity contribution in [1.82, 2.24) is 5.65 Å². The van der Waals surface area contributed by atoms with Crippen LogP contribution in [-0.4, -0.2) is 0 Å². The van der Waals surface area contributed by atoms with Gasteiger partial charge in [0.1, 0.15) is 5.82 Å². The molecule has 0 saturated heterocycles. The van der Waals surface area contributed by atoms with Gasteiger partial charge in [-0.05, 0) is 0 Å². The molecule has 1 aromatic rings. The van der Waals surface area contributed by atoms with Crippen LogP contribution in [0.25, 0.3) is 0 Å². The van der Waals surface area contributed by atoms with Crippen molar-refractivity contribution in [3.63, 3.8) is 0 Å². The zero-order chi connectivity index (χ0) is 9.14. The van der Waals surface area contributed by atoms with Crippen molar-refractivity contribution >= 4 is 18.1 Å². The van der Waals surface area contributed by atoms with E-state index in [9.17, 15) is 17.7 Å². The van der Waals surface area contributed by atoms with E-state index < -0.39 is 23.1 Å². The molecule has 0 amide bonds. The maximum atomic E-state index is 12.6. The predicted octanol–water partition coefficient (Wildman–Crippen LogP) is 2.33. The summed E-state index contributed by atoms with van der Waals surface area (Å²) >= 11 is 0. The lowest BCUT2D eigenvalue weighted by molar-refractivity contribution is 0.372. The molecule has 74 valence electrons. The molecule has 0 radical (unpaired) electrons. The second kappa shape index (κ2) is 4.88. The van der Waals surface area contributed by atoms with E-state index in [4.69, 9.17) is 0 Å². The first-order valence-corrected chi connectivity index (χ1v) is 2.91. The van der Waals surface area contributed by atoms with E-state index >= 15 is 0 Å². The maximum absolute atomic E-state index is 12.6. The Morgan fingerprint density at radius 1 is 1.08 bits per heavy atom. The minimum atomic E-state index is -1.38. The summed E-state index contributed by atoms with van der Waals surface area (Å²) in [4.78, 5) is 0. The largest absolute Gasteiger partial charge is 0.291 e. The summed E-state index contributed by atoms with van der Waals surface area (Å²) in [6.45, 7) is 0. The van der Waals surface area contributed by atoms with Gasteiger partial charge in [0.2, 0.25) is 0 Å². The van der Waals surface area contributed by atoms with Crippen molar-refractivity contribution in [2.45, 2.75) is 0 Å². The first kappa shape index (κ1) is 12.0. The van der Waals surface area contributed by atoms with Gasteiger partial charge in [-0.15, -0.1) is 16.9 Å². The van der Waals surface area contributed by atoms with Crippen LogP contribution in [0.15, 0.2) is 12.1 Å². The highest BCUT2D eigenvalue weighted by atomic mass is 35.5. The number of nitrogens with one attached hydrogen (secondary N) is 2. The van der Waals surface area contributed by atoms with Gasteiger partial charge in [-0.25, -0.2) is 13.2 Å². The average Bonchev–Trinajstić information content (AvgIpc) is 2.00. The van der Waals surface area contributed by atoms with Gasteiger partial charge in [0.25, 0.3) is 0 Å². The minimum absolute atomic E-state index is 0. The van der Waals surface area contributed by atoms with E-state index in [0.717, 1.165) is 5.65 Å². The van der Waals surface area contributed by atoms with Crippen LogP contribution in [0.4, 0.5) is 23.3 Å². The van der Waals surface area contributed by atoms with E-state index in [2.05, 4.69) is 0 Å². The Morgan fingerprint density at radius 2 is 1.69 bits per heavy atom. The zero-order valence-corrected chi connectivity index (χ0v) is 6.89. The quantitative estimate of drug-likeness (QED) is 0.343. The van der Waals surface area contributed by atoms with Crippen molar-refractivity contribution in [3.8, 4) is 0 Å². The molecule has 0 spiro atoms. The molecule has 0 aliphatic heterocycles. The summed E-state index contributed by atoms with van der Waals surface area (Å²) < 4.78 is 48.6. The number of halogens is 5. The smallest absolute Gasteiger partial charge is 0.183 e. The Morgan fingerprint density at radius 3 is 2.23 bits per heavy atom. The molecule has 0 fully saturated rings. The first-order valence-electron chi connectivity index (χ1n) is 2.91. The Hall–Kier alpha value is -1.01. The zero-order valence-electron chi connectivity index (χ0n) is 6.07. The van der Waals surface area contributed by atoms with Crippen LogP contribution in [0, 0.1) is 17.5 Å². The Balaban J connectivity index is 0.00000144. The topological polar surface area (TPSA) is 24.1 Å². The number of rotatable bonds is 2. The molecular formula is C6H5ClF4N2. The number of hydrogen-bond donors (Lipinski definition) is 2. The van der Waals surface area contributed by atoms with E-state index in [1.807, 2.05) is 0 Å². The van der Waals surface area contributed by atoms with E-state index in [1.165, 1.54) is 0 Å². The summed E-state index contributed by atoms with van der Waals surface area (Å²) in [6, 6.07) is 0.976. The predicted molar refractivity (Wildman–Crippen MR) is 41.4 cm³/mol. The highest BCUT2D eigenvalue weighted by molar-refractivity contribution is 5.85. The Kier molecular flexibility index (Phi) is 4.50. The molecule has 0 saturated carbocycles. The van der Waals surface area contributed by atoms with Crippen LogP contribution < -0.4 is 11.1 Å². The van der Waals surface area contributed by atoms with Crippen molar-refractivity contribution in [2.24, 2.45) is 0 Å². The second-order valence-corrected chi connectivity index (χ2v) is 1.97. The van der Waals surface area contributed by atoms with Gasteiger partial charge >= 0.3 is 0 Å². The van der Waals surface area contributed by atoms with Gasteiger partial charge in [0, 0.05) is 12.1 Å². The highest BCUT2D eigenvalue weighted by Gasteiger charge is 2.09. The van der Waals surface area contributed by atoms with Crippen LogP contribution in [0.3, 0.4) is 0 Å². The third-order valence-corrected chi connectivity index (χ3v) is 1.17. The Labute approximate surface area is 77.3 Å². The van der Waals surface area contributed by atoms with Crippen LogP contribution in [-0.2, 0) is 0 Å². The second-order valence-electron chi connectivity index (χ2n) is 1.97. The minimum Gasteiger partial charge on any atom is -0.291 e. The number of benzene rings is 1. The number of hydrazine groups is 1. The summed E-state index contributed by atoms with van der Waals surface area (Å²) in [6.07, 6.45) is 0. The molecule has 2 N–H and O–H groups in total.